The van der Waals surface area contributed by atoms with Crippen molar-refractivity contribution in [3.8, 4) is 0 Å². The SMILES string of the molecule is C1=C2CC2C2(C1)CCCC2. The number of hydrogen-bond acceptors (Lipinski definition) is 0. The molecule has 0 heterocycles. The fourth-order valence-electron chi connectivity index (χ4n) is 3.12. The molecule has 0 bridgehead atoms. The van der Waals surface area contributed by atoms with E-state index in [0.29, 0.717) is 0 Å². The van der Waals surface area contributed by atoms with Gasteiger partial charge >= 0.3 is 0 Å². The van der Waals surface area contributed by atoms with E-state index in [1.165, 1.54) is 38.5 Å². The molecule has 2 fully saturated rings. The molecule has 54 valence electrons. The molecule has 0 nitrogen and oxygen atoms in total. The maximum atomic E-state index is 2.52. The molecule has 3 aliphatic rings. The lowest BCUT2D eigenvalue weighted by Gasteiger charge is -2.23. The van der Waals surface area contributed by atoms with Crippen LogP contribution in [0.25, 0.3) is 0 Å². The van der Waals surface area contributed by atoms with Crippen LogP contribution in [0.3, 0.4) is 0 Å². The van der Waals surface area contributed by atoms with Crippen molar-refractivity contribution < 1.29 is 0 Å². The van der Waals surface area contributed by atoms with Gasteiger partial charge in [-0.15, -0.1) is 0 Å². The van der Waals surface area contributed by atoms with E-state index in [4.69, 9.17) is 0 Å². The Morgan fingerprint density at radius 2 is 2.10 bits per heavy atom. The lowest BCUT2D eigenvalue weighted by molar-refractivity contribution is 0.273. The van der Waals surface area contributed by atoms with Gasteiger partial charge in [-0.05, 0) is 37.0 Å². The molecule has 0 N–H and O–H groups in total. The van der Waals surface area contributed by atoms with E-state index in [2.05, 4.69) is 6.08 Å². The summed E-state index contributed by atoms with van der Waals surface area (Å²) in [6.45, 7) is 0. The van der Waals surface area contributed by atoms with Gasteiger partial charge in [-0.2, -0.15) is 0 Å². The minimum Gasteiger partial charge on any atom is -0.0844 e. The molecule has 1 atom stereocenters. The second-order valence-corrected chi connectivity index (χ2v) is 4.31. The van der Waals surface area contributed by atoms with Crippen molar-refractivity contribution in [1.29, 1.82) is 0 Å². The highest BCUT2D eigenvalue weighted by Crippen LogP contribution is 2.64. The summed E-state index contributed by atoms with van der Waals surface area (Å²) in [7, 11) is 0. The Kier molecular flexibility index (Phi) is 0.805. The monoisotopic (exact) mass is 134 g/mol. The average molecular weight is 134 g/mol. The molecule has 0 saturated heterocycles. The zero-order valence-corrected chi connectivity index (χ0v) is 6.40. The second kappa shape index (κ2) is 1.49. The number of fused-ring (bicyclic) bond motifs is 2. The summed E-state index contributed by atoms with van der Waals surface area (Å²) in [5, 5.41) is 0. The van der Waals surface area contributed by atoms with Crippen LogP contribution in [0.15, 0.2) is 11.6 Å². The van der Waals surface area contributed by atoms with Crippen molar-refractivity contribution in [1.82, 2.24) is 0 Å². The lowest BCUT2D eigenvalue weighted by Crippen LogP contribution is -2.15. The van der Waals surface area contributed by atoms with Gasteiger partial charge in [0.15, 0.2) is 0 Å². The van der Waals surface area contributed by atoms with Crippen molar-refractivity contribution in [3.05, 3.63) is 11.6 Å². The van der Waals surface area contributed by atoms with E-state index < -0.39 is 0 Å². The van der Waals surface area contributed by atoms with Gasteiger partial charge in [0.2, 0.25) is 0 Å². The van der Waals surface area contributed by atoms with Crippen LogP contribution in [0.2, 0.25) is 0 Å². The molecular weight excluding hydrogens is 120 g/mol. The summed E-state index contributed by atoms with van der Waals surface area (Å²) in [6.07, 6.45) is 11.5. The van der Waals surface area contributed by atoms with Crippen LogP contribution in [0.1, 0.15) is 38.5 Å². The lowest BCUT2D eigenvalue weighted by atomic mass is 9.80. The van der Waals surface area contributed by atoms with Gasteiger partial charge in [-0.3, -0.25) is 0 Å². The summed E-state index contributed by atoms with van der Waals surface area (Å²) in [4.78, 5) is 0. The Morgan fingerprint density at radius 1 is 1.30 bits per heavy atom. The highest BCUT2D eigenvalue weighted by atomic mass is 14.6. The van der Waals surface area contributed by atoms with Crippen LogP contribution < -0.4 is 0 Å². The number of allylic oxidation sites excluding steroid dienone is 2. The Morgan fingerprint density at radius 3 is 2.60 bits per heavy atom. The third-order valence-corrected chi connectivity index (χ3v) is 3.84. The van der Waals surface area contributed by atoms with E-state index >= 15 is 0 Å². The van der Waals surface area contributed by atoms with Crippen LogP contribution in [-0.4, -0.2) is 0 Å². The van der Waals surface area contributed by atoms with Gasteiger partial charge in [-0.25, -0.2) is 0 Å². The first kappa shape index (κ1) is 5.40. The van der Waals surface area contributed by atoms with Crippen LogP contribution >= 0.6 is 0 Å². The Hall–Kier alpha value is -0.260. The van der Waals surface area contributed by atoms with Crippen molar-refractivity contribution in [2.24, 2.45) is 11.3 Å². The largest absolute Gasteiger partial charge is 0.0844 e. The van der Waals surface area contributed by atoms with Gasteiger partial charge in [0, 0.05) is 0 Å². The predicted octanol–water partition coefficient (Wildman–Crippen LogP) is 2.90. The van der Waals surface area contributed by atoms with E-state index in [0.717, 1.165) is 11.3 Å². The fraction of sp³-hybridized carbons (Fsp3) is 0.800. The number of hydrogen-bond donors (Lipinski definition) is 0. The van der Waals surface area contributed by atoms with Crippen LogP contribution in [0.5, 0.6) is 0 Å². The van der Waals surface area contributed by atoms with Gasteiger partial charge in [0.1, 0.15) is 0 Å². The summed E-state index contributed by atoms with van der Waals surface area (Å²) in [6, 6.07) is 0. The standard InChI is InChI=1S/C10H14/c1-2-5-10(4-1)6-3-8-7-9(8)10/h3,9H,1-2,4-7H2. The Balaban J connectivity index is 1.93. The zero-order chi connectivity index (χ0) is 6.60. The average Bonchev–Trinajstić information content (AvgIpc) is 2.49. The van der Waals surface area contributed by atoms with Gasteiger partial charge in [0.25, 0.3) is 0 Å². The fourth-order valence-corrected chi connectivity index (χ4v) is 3.12. The molecule has 3 rings (SSSR count). The van der Waals surface area contributed by atoms with Crippen molar-refractivity contribution in [3.63, 3.8) is 0 Å². The van der Waals surface area contributed by atoms with Gasteiger partial charge < -0.3 is 0 Å². The van der Waals surface area contributed by atoms with Crippen LogP contribution in [0.4, 0.5) is 0 Å². The molecule has 10 heavy (non-hydrogen) atoms. The summed E-state index contributed by atoms with van der Waals surface area (Å²) >= 11 is 0. The summed E-state index contributed by atoms with van der Waals surface area (Å²) in [5.74, 6) is 1.08. The molecule has 0 amide bonds. The Bertz CT molecular complexity index is 194. The van der Waals surface area contributed by atoms with E-state index in [1.807, 2.05) is 5.57 Å². The highest BCUT2D eigenvalue weighted by Gasteiger charge is 2.52. The van der Waals surface area contributed by atoms with Crippen molar-refractivity contribution in [2.75, 3.05) is 0 Å². The van der Waals surface area contributed by atoms with Crippen LogP contribution in [0, 0.1) is 11.3 Å². The minimum absolute atomic E-state index is 0.829. The molecule has 0 radical (unpaired) electrons. The first-order valence-electron chi connectivity index (χ1n) is 4.60. The molecule has 0 aromatic rings. The molecule has 0 aliphatic heterocycles. The molecule has 0 heteroatoms. The minimum atomic E-state index is 0.829. The topological polar surface area (TPSA) is 0 Å². The molecular formula is C10H14. The zero-order valence-electron chi connectivity index (χ0n) is 6.40. The Labute approximate surface area is 62.3 Å². The third kappa shape index (κ3) is 0.492. The van der Waals surface area contributed by atoms with Crippen molar-refractivity contribution >= 4 is 0 Å². The number of rotatable bonds is 0. The maximum absolute atomic E-state index is 2.52. The summed E-state index contributed by atoms with van der Waals surface area (Å²) < 4.78 is 0. The molecule has 1 spiro atoms. The quantitative estimate of drug-likeness (QED) is 0.447. The second-order valence-electron chi connectivity index (χ2n) is 4.31. The third-order valence-electron chi connectivity index (χ3n) is 3.84. The maximum Gasteiger partial charge on any atom is -0.0106 e. The first-order valence-corrected chi connectivity index (χ1v) is 4.60. The van der Waals surface area contributed by atoms with Gasteiger partial charge in [0.05, 0.1) is 0 Å². The predicted molar refractivity (Wildman–Crippen MR) is 41.7 cm³/mol. The van der Waals surface area contributed by atoms with Crippen molar-refractivity contribution in [2.45, 2.75) is 38.5 Å². The smallest absolute Gasteiger partial charge is 0.0106 e. The highest BCUT2D eigenvalue weighted by molar-refractivity contribution is 5.34. The molecule has 1 unspecified atom stereocenters. The van der Waals surface area contributed by atoms with E-state index in [1.54, 1.807) is 0 Å². The van der Waals surface area contributed by atoms with Crippen LogP contribution in [-0.2, 0) is 0 Å². The molecule has 0 aromatic heterocycles. The van der Waals surface area contributed by atoms with Gasteiger partial charge in [-0.1, -0.05) is 24.5 Å². The van der Waals surface area contributed by atoms with E-state index in [9.17, 15) is 0 Å². The molecule has 0 aromatic carbocycles. The molecule has 3 aliphatic carbocycles. The molecule has 2 saturated carbocycles. The van der Waals surface area contributed by atoms with E-state index in [-0.39, 0.29) is 0 Å². The summed E-state index contributed by atoms with van der Waals surface area (Å²) in [5.41, 5.74) is 2.64. The normalized spacial score (nSPS) is 40.0. The first-order chi connectivity index (χ1) is 4.91.